The molecule has 8 rings (SSSR count). The lowest BCUT2D eigenvalue weighted by atomic mass is 10.00. The summed E-state index contributed by atoms with van der Waals surface area (Å²) in [5.74, 6) is 0.0963. The lowest BCUT2D eigenvalue weighted by Gasteiger charge is -2.38. The van der Waals surface area contributed by atoms with E-state index >= 15 is 0 Å². The van der Waals surface area contributed by atoms with Crippen molar-refractivity contribution < 1.29 is 50.5 Å². The predicted octanol–water partition coefficient (Wildman–Crippen LogP) is 7.34. The van der Waals surface area contributed by atoms with Crippen LogP contribution in [0.25, 0.3) is 0 Å². The number of benzene rings is 4. The summed E-state index contributed by atoms with van der Waals surface area (Å²) in [6.07, 6.45) is 0. The van der Waals surface area contributed by atoms with Gasteiger partial charge in [-0.25, -0.2) is 21.6 Å². The Morgan fingerprint density at radius 3 is 1.48 bits per heavy atom. The zero-order valence-corrected chi connectivity index (χ0v) is 52.5. The van der Waals surface area contributed by atoms with Crippen molar-refractivity contribution in [1.82, 2.24) is 37.8 Å². The van der Waals surface area contributed by atoms with Crippen LogP contribution in [0.2, 0.25) is 0 Å². The van der Waals surface area contributed by atoms with Crippen LogP contribution in [-0.2, 0) is 65.3 Å². The molecule has 1 amide bonds. The highest BCUT2D eigenvalue weighted by Crippen LogP contribution is 2.36. The fourth-order valence-corrected chi connectivity index (χ4v) is 14.0. The Morgan fingerprint density at radius 2 is 1.02 bits per heavy atom. The second-order valence-electron chi connectivity index (χ2n) is 21.6. The maximum atomic E-state index is 13.5. The zero-order chi connectivity index (χ0) is 60.9. The molecule has 4 aromatic carbocycles. The summed E-state index contributed by atoms with van der Waals surface area (Å²) < 4.78 is 80.9. The minimum absolute atomic E-state index is 0.00919. The summed E-state index contributed by atoms with van der Waals surface area (Å²) in [6, 6.07) is 33.1. The van der Waals surface area contributed by atoms with Gasteiger partial charge >= 0.3 is 5.97 Å². The quantitative estimate of drug-likeness (QED) is 0.0641. The van der Waals surface area contributed by atoms with Gasteiger partial charge in [-0.1, -0.05) is 60.7 Å². The first-order valence-corrected chi connectivity index (χ1v) is 30.6. The number of ether oxygens (including phenoxy) is 4. The van der Waals surface area contributed by atoms with Gasteiger partial charge in [-0.15, -0.1) is 0 Å². The van der Waals surface area contributed by atoms with Crippen LogP contribution in [0.4, 0.5) is 0 Å². The van der Waals surface area contributed by atoms with Crippen molar-refractivity contribution >= 4 is 31.9 Å². The van der Waals surface area contributed by atoms with Crippen molar-refractivity contribution in [3.8, 4) is 11.5 Å². The molecule has 21 heteroatoms. The lowest BCUT2D eigenvalue weighted by Crippen LogP contribution is -2.44. The number of aryl methyl sites for hydroxylation is 2. The van der Waals surface area contributed by atoms with Gasteiger partial charge in [-0.2, -0.15) is 8.61 Å². The fraction of sp³-hybridized carbons (Fsp3) is 0.452. The van der Waals surface area contributed by atoms with Crippen LogP contribution in [0.1, 0.15) is 79.4 Å². The Kier molecular flexibility index (Phi) is 23.3. The average molecular weight is 1180 g/mol. The van der Waals surface area contributed by atoms with Gasteiger partial charge in [0.05, 0.1) is 49.3 Å². The largest absolute Gasteiger partial charge is 0.496 e. The van der Waals surface area contributed by atoms with Gasteiger partial charge in [-0.3, -0.25) is 4.79 Å². The Balaban J connectivity index is 0.000000221. The Hall–Kier alpha value is -6.40. The van der Waals surface area contributed by atoms with Crippen molar-refractivity contribution in [2.45, 2.75) is 89.6 Å². The number of hydrogen-bond donors (Lipinski definition) is 2. The Morgan fingerprint density at radius 1 is 0.578 bits per heavy atom. The Labute approximate surface area is 492 Å². The first-order valence-electron chi connectivity index (χ1n) is 27.7. The number of rotatable bonds is 22. The highest BCUT2D eigenvalue weighted by molar-refractivity contribution is 7.89. The van der Waals surface area contributed by atoms with Crippen molar-refractivity contribution in [2.24, 2.45) is 0 Å². The van der Waals surface area contributed by atoms with E-state index < -0.39 is 32.6 Å². The molecule has 0 fully saturated rings. The smallest absolute Gasteiger partial charge is 0.329 e. The number of fused-ring (bicyclic) bond motifs is 2. The van der Waals surface area contributed by atoms with Gasteiger partial charge in [-0.05, 0) is 151 Å². The van der Waals surface area contributed by atoms with E-state index in [0.717, 1.165) is 52.9 Å². The van der Waals surface area contributed by atoms with Gasteiger partial charge in [0.25, 0.3) is 0 Å². The Bertz CT molecular complexity index is 3380. The summed E-state index contributed by atoms with van der Waals surface area (Å²) in [7, 11) is 6.98. The number of nitrogens with one attached hydrogen (secondary N) is 1. The van der Waals surface area contributed by atoms with E-state index in [1.807, 2.05) is 63.2 Å². The van der Waals surface area contributed by atoms with Crippen molar-refractivity contribution in [3.63, 3.8) is 0 Å². The summed E-state index contributed by atoms with van der Waals surface area (Å²) in [6.45, 7) is 15.6. The van der Waals surface area contributed by atoms with Crippen LogP contribution in [0, 0.1) is 41.5 Å². The van der Waals surface area contributed by atoms with E-state index in [1.54, 1.807) is 54.0 Å². The summed E-state index contributed by atoms with van der Waals surface area (Å²) >= 11 is 0. The van der Waals surface area contributed by atoms with Crippen LogP contribution in [0.5, 0.6) is 11.5 Å². The number of likely N-dealkylation sites (N-methyl/N-ethyl adjacent to an activating group) is 2. The highest BCUT2D eigenvalue weighted by Gasteiger charge is 2.34. The summed E-state index contributed by atoms with van der Waals surface area (Å²) in [5, 5.41) is 12.1. The van der Waals surface area contributed by atoms with Crippen LogP contribution in [-0.4, -0.2) is 175 Å². The zero-order valence-electron chi connectivity index (χ0n) is 50.9. The van der Waals surface area contributed by atoms with Gasteiger partial charge in [0, 0.05) is 89.2 Å². The number of sulfonamides is 2. The molecule has 2 aliphatic heterocycles. The molecule has 4 heterocycles. The number of methoxy groups -OCH3 is 2. The van der Waals surface area contributed by atoms with E-state index in [9.17, 15) is 26.4 Å². The number of amides is 1. The second kappa shape index (κ2) is 29.4. The molecule has 0 saturated heterocycles. The van der Waals surface area contributed by atoms with Crippen LogP contribution in [0.3, 0.4) is 0 Å². The molecule has 2 N–H and O–H groups in total. The molecule has 0 aliphatic carbocycles. The van der Waals surface area contributed by atoms with Gasteiger partial charge in [0.15, 0.2) is 0 Å². The monoisotopic (exact) mass is 1180 g/mol. The van der Waals surface area contributed by atoms with Crippen molar-refractivity contribution in [3.05, 3.63) is 164 Å². The molecule has 2 aromatic heterocycles. The molecule has 0 radical (unpaired) electrons. The SMILES string of the molecule is CN(C)Cc1ccc2n1CCNC2c1ccccc1.COc1cc(C)c(S(=O)(=O)N(C)CCOCC(=O)N2CCn3c(CN(C)C)ccc3C2c2ccccc2)c(C)c1C.COc1cc(C)c(S(=O)(=O)N(C)CCOCC(=O)O)c(C)c1C. The normalized spacial score (nSPS) is 15.1. The minimum atomic E-state index is -3.76. The maximum absolute atomic E-state index is 13.5. The maximum Gasteiger partial charge on any atom is 0.329 e. The first kappa shape index (κ1) is 65.7. The fourth-order valence-electron chi connectivity index (χ4n) is 10.7. The van der Waals surface area contributed by atoms with E-state index in [1.165, 1.54) is 41.0 Å². The number of carbonyl (C=O) groups excluding carboxylic acids is 1. The third kappa shape index (κ3) is 15.9. The molecule has 0 spiro atoms. The number of carbonyl (C=O) groups is 2. The number of hydrogen-bond acceptors (Lipinski definition) is 13. The number of carboxylic acid groups (broad SMARTS) is 1. The third-order valence-electron chi connectivity index (χ3n) is 15.2. The predicted molar refractivity (Wildman–Crippen MR) is 323 cm³/mol. The third-order valence-corrected chi connectivity index (χ3v) is 19.5. The second-order valence-corrected chi connectivity index (χ2v) is 25.5. The highest BCUT2D eigenvalue weighted by atomic mass is 32.2. The van der Waals surface area contributed by atoms with E-state index in [4.69, 9.17) is 24.1 Å². The molecular weight excluding hydrogens is 1100 g/mol. The molecule has 0 bridgehead atoms. The molecule has 2 unspecified atom stereocenters. The summed E-state index contributed by atoms with van der Waals surface area (Å²) in [5.41, 5.74) is 11.6. The molecule has 2 aliphatic rings. The molecule has 83 heavy (non-hydrogen) atoms. The van der Waals surface area contributed by atoms with Crippen LogP contribution < -0.4 is 14.8 Å². The topological polar surface area (TPSA) is 198 Å². The molecule has 0 saturated carbocycles. The standard InChI is InChI=1S/C31H42N4O5S.C16H21N3.C15H23NO6S/c1-22-19-28(39-7)23(2)24(3)31(22)41(37,38)33(6)17-18-40-21-29(36)35-16-15-34-26(20-32(4)5)13-14-27(34)30(35)25-11-9-8-10-12-25;1-18(2)12-14-8-9-15-16(17-10-11-19(14)15)13-6-4-3-5-7-13;1-10-8-13(21-5)11(2)12(3)15(10)23(19,20)16(4)6-7-22-9-14(17)18/h8-14,19,30H,15-18,20-21H2,1-7H3;3-9,16-17H,10-12H2,1-2H3;8H,6-7,9H2,1-5H3,(H,17,18). The van der Waals surface area contributed by atoms with E-state index in [0.29, 0.717) is 52.9 Å². The number of nitrogens with zero attached hydrogens (tertiary/aromatic N) is 7. The van der Waals surface area contributed by atoms with Crippen LogP contribution in [0.15, 0.2) is 107 Å². The van der Waals surface area contributed by atoms with Crippen molar-refractivity contribution in [2.75, 3.05) is 109 Å². The van der Waals surface area contributed by atoms with Gasteiger partial charge in [0.2, 0.25) is 26.0 Å². The van der Waals surface area contributed by atoms with E-state index in [-0.39, 0.29) is 54.7 Å². The molecule has 2 atom stereocenters. The van der Waals surface area contributed by atoms with Crippen LogP contribution >= 0.6 is 0 Å². The average Bonchev–Trinajstić information content (AvgIpc) is 4.21. The van der Waals surface area contributed by atoms with Gasteiger partial charge < -0.3 is 53.2 Å². The number of aromatic nitrogens is 2. The first-order chi connectivity index (χ1) is 39.3. The lowest BCUT2D eigenvalue weighted by molar-refractivity contribution is -0.142. The minimum Gasteiger partial charge on any atom is -0.496 e. The summed E-state index contributed by atoms with van der Waals surface area (Å²) in [4.78, 5) is 30.6. The molecule has 452 valence electrons. The van der Waals surface area contributed by atoms with E-state index in [2.05, 4.69) is 92.9 Å². The number of carboxylic acids is 1. The molecule has 6 aromatic rings. The molecular formula is C62H86N8O11S2. The molecule has 19 nitrogen and oxygen atoms in total. The van der Waals surface area contributed by atoms with Gasteiger partial charge in [0.1, 0.15) is 24.7 Å². The van der Waals surface area contributed by atoms with Crippen molar-refractivity contribution in [1.29, 1.82) is 0 Å². The number of aliphatic carboxylic acids is 1.